The van der Waals surface area contributed by atoms with Gasteiger partial charge in [0, 0.05) is 4.47 Å². The topological polar surface area (TPSA) is 46.5 Å². The lowest BCUT2D eigenvalue weighted by Gasteiger charge is -2.03. The van der Waals surface area contributed by atoms with Crippen LogP contribution < -0.4 is 4.74 Å². The van der Waals surface area contributed by atoms with Gasteiger partial charge in [0.1, 0.15) is 5.75 Å². The van der Waals surface area contributed by atoms with Crippen LogP contribution in [0.15, 0.2) is 28.7 Å². The van der Waals surface area contributed by atoms with Crippen molar-refractivity contribution in [3.8, 4) is 5.75 Å². The third-order valence-corrected chi connectivity index (χ3v) is 1.93. The molecule has 3 nitrogen and oxygen atoms in total. The van der Waals surface area contributed by atoms with E-state index in [4.69, 9.17) is 9.84 Å². The molecule has 0 atom stereocenters. The van der Waals surface area contributed by atoms with Crippen molar-refractivity contribution in [2.24, 2.45) is 0 Å². The van der Waals surface area contributed by atoms with Crippen LogP contribution in [0, 0.1) is 0 Å². The molecule has 0 bridgehead atoms. The number of aliphatic carboxylic acids is 1. The molecule has 0 saturated carbocycles. The Bertz CT molecular complexity index is 281. The number of benzene rings is 1. The van der Waals surface area contributed by atoms with Gasteiger partial charge in [-0.2, -0.15) is 0 Å². The minimum atomic E-state index is -0.850. The predicted molar refractivity (Wildman–Crippen MR) is 51.9 cm³/mol. The molecule has 1 aromatic carbocycles. The fourth-order valence-electron chi connectivity index (χ4n) is 0.787. The van der Waals surface area contributed by atoms with Crippen LogP contribution in [-0.4, -0.2) is 17.7 Å². The van der Waals surface area contributed by atoms with Crippen molar-refractivity contribution in [1.82, 2.24) is 0 Å². The molecule has 0 spiro atoms. The van der Waals surface area contributed by atoms with E-state index in [1.165, 1.54) is 0 Å². The average Bonchev–Trinajstić information content (AvgIpc) is 2.08. The molecule has 4 heteroatoms. The number of carboxylic acids is 1. The fourth-order valence-corrected chi connectivity index (χ4v) is 1.05. The highest BCUT2D eigenvalue weighted by atomic mass is 79.9. The molecule has 0 fully saturated rings. The van der Waals surface area contributed by atoms with Gasteiger partial charge in [0.05, 0.1) is 13.0 Å². The van der Waals surface area contributed by atoms with E-state index >= 15 is 0 Å². The van der Waals surface area contributed by atoms with E-state index in [-0.39, 0.29) is 13.0 Å². The second-order valence-electron chi connectivity index (χ2n) is 2.45. The summed E-state index contributed by atoms with van der Waals surface area (Å²) in [5.74, 6) is -0.165. The smallest absolute Gasteiger partial charge is 0.306 e. The van der Waals surface area contributed by atoms with Gasteiger partial charge in [-0.1, -0.05) is 15.9 Å². The molecule has 1 rings (SSSR count). The van der Waals surface area contributed by atoms with Crippen LogP contribution in [-0.2, 0) is 4.79 Å². The Labute approximate surface area is 84.5 Å². The Morgan fingerprint density at radius 1 is 1.38 bits per heavy atom. The van der Waals surface area contributed by atoms with Crippen LogP contribution in [0.2, 0.25) is 0 Å². The van der Waals surface area contributed by atoms with Crippen molar-refractivity contribution in [1.29, 1.82) is 0 Å². The number of halogens is 1. The van der Waals surface area contributed by atoms with Crippen LogP contribution in [0.1, 0.15) is 6.42 Å². The van der Waals surface area contributed by atoms with E-state index in [2.05, 4.69) is 15.9 Å². The van der Waals surface area contributed by atoms with Crippen LogP contribution >= 0.6 is 15.9 Å². The number of carbonyl (C=O) groups is 1. The summed E-state index contributed by atoms with van der Waals surface area (Å²) in [6, 6.07) is 7.25. The van der Waals surface area contributed by atoms with Gasteiger partial charge in [-0.3, -0.25) is 4.79 Å². The lowest BCUT2D eigenvalue weighted by molar-refractivity contribution is -0.137. The van der Waals surface area contributed by atoms with Gasteiger partial charge < -0.3 is 9.84 Å². The number of carboxylic acid groups (broad SMARTS) is 1. The van der Waals surface area contributed by atoms with Crippen molar-refractivity contribution in [3.05, 3.63) is 28.7 Å². The molecule has 1 N–H and O–H groups in total. The molecule has 0 amide bonds. The van der Waals surface area contributed by atoms with Gasteiger partial charge in [0.2, 0.25) is 0 Å². The van der Waals surface area contributed by atoms with Gasteiger partial charge in [-0.25, -0.2) is 0 Å². The Hall–Kier alpha value is -1.03. The normalized spacial score (nSPS) is 9.62. The molecule has 0 aromatic heterocycles. The van der Waals surface area contributed by atoms with Crippen molar-refractivity contribution >= 4 is 21.9 Å². The van der Waals surface area contributed by atoms with Gasteiger partial charge in [0.25, 0.3) is 0 Å². The Kier molecular flexibility index (Phi) is 3.76. The van der Waals surface area contributed by atoms with Crippen LogP contribution in [0.3, 0.4) is 0 Å². The van der Waals surface area contributed by atoms with Gasteiger partial charge >= 0.3 is 5.97 Å². The van der Waals surface area contributed by atoms with Crippen molar-refractivity contribution < 1.29 is 14.6 Å². The number of rotatable bonds is 4. The second-order valence-corrected chi connectivity index (χ2v) is 3.36. The van der Waals surface area contributed by atoms with Crippen molar-refractivity contribution in [2.45, 2.75) is 6.42 Å². The molecule has 0 unspecified atom stereocenters. The van der Waals surface area contributed by atoms with E-state index < -0.39 is 5.97 Å². The number of hydrogen-bond acceptors (Lipinski definition) is 2. The summed E-state index contributed by atoms with van der Waals surface area (Å²) >= 11 is 3.29. The molecule has 13 heavy (non-hydrogen) atoms. The first-order valence-electron chi connectivity index (χ1n) is 3.78. The van der Waals surface area contributed by atoms with E-state index in [0.717, 1.165) is 4.47 Å². The molecule has 0 heterocycles. The standard InChI is InChI=1S/C9H9BrO3/c10-7-1-3-8(4-2-7)13-6-5-9(11)12/h1-4H,5-6H2,(H,11,12). The van der Waals surface area contributed by atoms with E-state index in [0.29, 0.717) is 5.75 Å². The first-order valence-corrected chi connectivity index (χ1v) is 4.58. The van der Waals surface area contributed by atoms with E-state index in [1.807, 2.05) is 12.1 Å². The number of hydrogen-bond donors (Lipinski definition) is 1. The van der Waals surface area contributed by atoms with Gasteiger partial charge in [-0.15, -0.1) is 0 Å². The zero-order valence-electron chi connectivity index (χ0n) is 6.87. The molecule has 0 radical (unpaired) electrons. The lowest BCUT2D eigenvalue weighted by Crippen LogP contribution is -2.04. The van der Waals surface area contributed by atoms with E-state index in [9.17, 15) is 4.79 Å². The maximum absolute atomic E-state index is 10.2. The van der Waals surface area contributed by atoms with Crippen molar-refractivity contribution in [3.63, 3.8) is 0 Å². The highest BCUT2D eigenvalue weighted by Gasteiger charge is 1.97. The van der Waals surface area contributed by atoms with Crippen LogP contribution in [0.5, 0.6) is 5.75 Å². The first kappa shape index (κ1) is 10.1. The molecule has 0 saturated heterocycles. The monoisotopic (exact) mass is 244 g/mol. The lowest BCUT2D eigenvalue weighted by atomic mass is 10.3. The molecule has 0 aliphatic rings. The summed E-state index contributed by atoms with van der Waals surface area (Å²) in [6.45, 7) is 0.205. The zero-order chi connectivity index (χ0) is 9.68. The minimum Gasteiger partial charge on any atom is -0.493 e. The molecule has 0 aliphatic carbocycles. The average molecular weight is 245 g/mol. The summed E-state index contributed by atoms with van der Waals surface area (Å²) in [7, 11) is 0. The largest absolute Gasteiger partial charge is 0.493 e. The number of ether oxygens (including phenoxy) is 1. The summed E-state index contributed by atoms with van der Waals surface area (Å²) < 4.78 is 6.14. The zero-order valence-corrected chi connectivity index (χ0v) is 8.45. The Balaban J connectivity index is 2.37. The highest BCUT2D eigenvalue weighted by Crippen LogP contribution is 2.15. The molecule has 0 aliphatic heterocycles. The molecule has 1 aromatic rings. The maximum Gasteiger partial charge on any atom is 0.306 e. The highest BCUT2D eigenvalue weighted by molar-refractivity contribution is 9.10. The predicted octanol–water partition coefficient (Wildman–Crippen LogP) is 2.30. The second kappa shape index (κ2) is 4.87. The fraction of sp³-hybridized carbons (Fsp3) is 0.222. The molecular weight excluding hydrogens is 236 g/mol. The summed E-state index contributed by atoms with van der Waals surface area (Å²) in [6.07, 6.45) is 0.0239. The maximum atomic E-state index is 10.2. The Morgan fingerprint density at radius 2 is 2.00 bits per heavy atom. The third-order valence-electron chi connectivity index (χ3n) is 1.40. The molecule has 70 valence electrons. The van der Waals surface area contributed by atoms with Crippen LogP contribution in [0.4, 0.5) is 0 Å². The SMILES string of the molecule is O=C(O)CCOc1ccc(Br)cc1. The van der Waals surface area contributed by atoms with Gasteiger partial charge in [-0.05, 0) is 24.3 Å². The van der Waals surface area contributed by atoms with Crippen LogP contribution in [0.25, 0.3) is 0 Å². The first-order chi connectivity index (χ1) is 6.18. The summed E-state index contributed by atoms with van der Waals surface area (Å²) in [5, 5.41) is 8.35. The summed E-state index contributed by atoms with van der Waals surface area (Å²) in [5.41, 5.74) is 0. The van der Waals surface area contributed by atoms with Crippen molar-refractivity contribution in [2.75, 3.05) is 6.61 Å². The van der Waals surface area contributed by atoms with Gasteiger partial charge in [0.15, 0.2) is 0 Å². The quantitative estimate of drug-likeness (QED) is 0.885. The third kappa shape index (κ3) is 3.94. The van der Waals surface area contributed by atoms with E-state index in [1.54, 1.807) is 12.1 Å². The molecular formula is C9H9BrO3. The Morgan fingerprint density at radius 3 is 2.54 bits per heavy atom. The minimum absolute atomic E-state index is 0.0239. The summed E-state index contributed by atoms with van der Waals surface area (Å²) in [4.78, 5) is 10.2.